The van der Waals surface area contributed by atoms with E-state index in [1.807, 2.05) is 30.3 Å². The van der Waals surface area contributed by atoms with Crippen LogP contribution in [0.5, 0.6) is 5.88 Å². The number of hydrogen-bond acceptors (Lipinski definition) is 8. The number of anilines is 2. The number of fused-ring (bicyclic) bond motifs is 2. The first-order valence-electron chi connectivity index (χ1n) is 12.2. The number of ether oxygens (including phenoxy) is 1. The lowest BCUT2D eigenvalue weighted by Crippen LogP contribution is -2.39. The van der Waals surface area contributed by atoms with Gasteiger partial charge in [-0.3, -0.25) is 15.6 Å². The molecule has 1 aliphatic heterocycles. The largest absolute Gasteiger partial charge is 0.481 e. The van der Waals surface area contributed by atoms with E-state index in [2.05, 4.69) is 36.4 Å². The van der Waals surface area contributed by atoms with Crippen LogP contribution in [-0.4, -0.2) is 51.6 Å². The van der Waals surface area contributed by atoms with E-state index in [4.69, 9.17) is 9.72 Å². The van der Waals surface area contributed by atoms with Gasteiger partial charge in [-0.05, 0) is 49.4 Å². The molecule has 3 aromatic heterocycles. The molecule has 5 N–H and O–H groups in total. The molecule has 10 nitrogen and oxygen atoms in total. The van der Waals surface area contributed by atoms with Crippen molar-refractivity contribution in [3.63, 3.8) is 0 Å². The van der Waals surface area contributed by atoms with Crippen molar-refractivity contribution in [1.29, 1.82) is 0 Å². The zero-order valence-corrected chi connectivity index (χ0v) is 19.9. The van der Waals surface area contributed by atoms with Crippen LogP contribution >= 0.6 is 0 Å². The molecule has 36 heavy (non-hydrogen) atoms. The van der Waals surface area contributed by atoms with Crippen LogP contribution in [0.4, 0.5) is 11.5 Å². The van der Waals surface area contributed by atoms with Gasteiger partial charge in [-0.25, -0.2) is 15.0 Å². The molecule has 4 aromatic rings. The van der Waals surface area contributed by atoms with Gasteiger partial charge < -0.3 is 20.4 Å². The van der Waals surface area contributed by atoms with E-state index in [1.165, 1.54) is 0 Å². The van der Waals surface area contributed by atoms with Crippen molar-refractivity contribution in [1.82, 2.24) is 30.8 Å². The highest BCUT2D eigenvalue weighted by atomic mass is 16.5. The van der Waals surface area contributed by atoms with Crippen molar-refractivity contribution in [2.24, 2.45) is 5.92 Å². The van der Waals surface area contributed by atoms with Gasteiger partial charge in [-0.1, -0.05) is 12.1 Å². The lowest BCUT2D eigenvalue weighted by atomic mass is 9.83. The second kappa shape index (κ2) is 9.56. The molecule has 0 radical (unpaired) electrons. The molecule has 1 aliphatic carbocycles. The molecule has 1 amide bonds. The first-order valence-corrected chi connectivity index (χ1v) is 12.2. The monoisotopic (exact) mass is 484 g/mol. The molecule has 2 fully saturated rings. The van der Waals surface area contributed by atoms with Crippen molar-refractivity contribution in [2.45, 2.75) is 31.3 Å². The van der Waals surface area contributed by atoms with Gasteiger partial charge in [0, 0.05) is 47.4 Å². The van der Waals surface area contributed by atoms with Crippen LogP contribution in [0.15, 0.2) is 54.9 Å². The van der Waals surface area contributed by atoms with E-state index < -0.39 is 0 Å². The average Bonchev–Trinajstić information content (AvgIpc) is 3.55. The van der Waals surface area contributed by atoms with Gasteiger partial charge in [0.2, 0.25) is 5.88 Å². The van der Waals surface area contributed by atoms with E-state index in [0.29, 0.717) is 41.1 Å². The number of carbonyl (C=O) groups is 1. The van der Waals surface area contributed by atoms with Gasteiger partial charge in [0.05, 0.1) is 19.0 Å². The van der Waals surface area contributed by atoms with Crippen molar-refractivity contribution < 1.29 is 9.53 Å². The fraction of sp³-hybridized carbons (Fsp3) is 0.308. The Morgan fingerprint density at radius 3 is 2.92 bits per heavy atom. The van der Waals surface area contributed by atoms with Crippen molar-refractivity contribution in [2.75, 3.05) is 24.3 Å². The molecule has 0 spiro atoms. The topological polar surface area (TPSA) is 129 Å². The molecule has 6 rings (SSSR count). The first kappa shape index (κ1) is 22.4. The fourth-order valence-electron chi connectivity index (χ4n) is 5.08. The first-order chi connectivity index (χ1) is 17.6. The van der Waals surface area contributed by atoms with E-state index in [9.17, 15) is 4.79 Å². The summed E-state index contributed by atoms with van der Waals surface area (Å²) in [5, 5.41) is 7.39. The maximum absolute atomic E-state index is 12.8. The third-order valence-electron chi connectivity index (χ3n) is 6.97. The number of pyridine rings is 1. The number of nitrogens with zero attached hydrogens (tertiary/aromatic N) is 3. The van der Waals surface area contributed by atoms with Crippen LogP contribution in [0, 0.1) is 5.92 Å². The third kappa shape index (κ3) is 4.60. The molecule has 184 valence electrons. The smallest absolute Gasteiger partial charge is 0.272 e. The number of aromatic amines is 1. The summed E-state index contributed by atoms with van der Waals surface area (Å²) in [6, 6.07) is 14.1. The molecule has 2 aliphatic rings. The molecule has 1 aromatic carbocycles. The molecular weight excluding hydrogens is 456 g/mol. The van der Waals surface area contributed by atoms with E-state index in [1.54, 1.807) is 31.6 Å². The average molecular weight is 485 g/mol. The number of methoxy groups -OCH3 is 1. The minimum atomic E-state index is -0.246. The maximum Gasteiger partial charge on any atom is 0.272 e. The number of hydrogen-bond donors (Lipinski definition) is 5. The van der Waals surface area contributed by atoms with E-state index >= 15 is 0 Å². The summed E-state index contributed by atoms with van der Waals surface area (Å²) in [7, 11) is 1.55. The third-order valence-corrected chi connectivity index (χ3v) is 6.97. The van der Waals surface area contributed by atoms with Crippen LogP contribution in [0.1, 0.15) is 29.8 Å². The SMILES string of the molecule is COc1ccc(NC(=O)c2cc3ccc(-c4nccc(NC5CCC6NNCC6C5)n4)cc3[nH]2)cn1. The number of H-pyrrole nitrogens is 1. The molecule has 10 heteroatoms. The second-order valence-corrected chi connectivity index (χ2v) is 9.34. The normalized spacial score (nSPS) is 21.2. The number of carbonyl (C=O) groups excluding carboxylic acids is 1. The summed E-state index contributed by atoms with van der Waals surface area (Å²) in [4.78, 5) is 29.4. The Morgan fingerprint density at radius 1 is 1.11 bits per heavy atom. The van der Waals surface area contributed by atoms with Crippen LogP contribution in [0.2, 0.25) is 0 Å². The van der Waals surface area contributed by atoms with Gasteiger partial charge in [-0.2, -0.15) is 0 Å². The predicted molar refractivity (Wildman–Crippen MR) is 138 cm³/mol. The highest BCUT2D eigenvalue weighted by Crippen LogP contribution is 2.29. The van der Waals surface area contributed by atoms with E-state index in [0.717, 1.165) is 48.1 Å². The summed E-state index contributed by atoms with van der Waals surface area (Å²) in [5.41, 5.74) is 9.42. The predicted octanol–water partition coefficient (Wildman–Crippen LogP) is 3.34. The number of rotatable bonds is 6. The summed E-state index contributed by atoms with van der Waals surface area (Å²) >= 11 is 0. The second-order valence-electron chi connectivity index (χ2n) is 9.34. The number of nitrogens with one attached hydrogen (secondary N) is 5. The molecule has 1 saturated carbocycles. The summed E-state index contributed by atoms with van der Waals surface area (Å²) < 4.78 is 5.06. The Bertz CT molecular complexity index is 1390. The highest BCUT2D eigenvalue weighted by Gasteiger charge is 2.33. The summed E-state index contributed by atoms with van der Waals surface area (Å²) in [5.74, 6) is 2.38. The van der Waals surface area contributed by atoms with Crippen LogP contribution in [0.25, 0.3) is 22.3 Å². The summed E-state index contributed by atoms with van der Waals surface area (Å²) in [6.07, 6.45) is 6.73. The molecule has 3 atom stereocenters. The Hall–Kier alpha value is -4.02. The maximum atomic E-state index is 12.8. The van der Waals surface area contributed by atoms with Gasteiger partial charge in [0.1, 0.15) is 11.5 Å². The Morgan fingerprint density at radius 2 is 2.06 bits per heavy atom. The quantitative estimate of drug-likeness (QED) is 0.282. The standard InChI is InChI=1S/C26H28N8O2/c1-36-24-7-5-19(14-28-24)31-26(35)22-11-15-2-3-16(12-21(15)32-22)25-27-9-8-23(33-25)30-18-4-6-20-17(10-18)13-29-34-20/h2-3,5,7-9,11-12,14,17-18,20,29,32,34H,4,6,10,13H2,1H3,(H,31,35)(H,27,30,33). The van der Waals surface area contributed by atoms with Crippen LogP contribution in [-0.2, 0) is 0 Å². The summed E-state index contributed by atoms with van der Waals surface area (Å²) in [6.45, 7) is 1.02. The van der Waals surface area contributed by atoms with Gasteiger partial charge in [-0.15, -0.1) is 0 Å². The highest BCUT2D eigenvalue weighted by molar-refractivity contribution is 6.06. The Labute approximate surface area is 208 Å². The minimum absolute atomic E-state index is 0.246. The molecule has 0 bridgehead atoms. The number of hydrazine groups is 1. The van der Waals surface area contributed by atoms with Crippen LogP contribution < -0.4 is 26.2 Å². The van der Waals surface area contributed by atoms with Gasteiger partial charge in [0.25, 0.3) is 5.91 Å². The molecule has 3 unspecified atom stereocenters. The van der Waals surface area contributed by atoms with Crippen molar-refractivity contribution in [3.8, 4) is 17.3 Å². The van der Waals surface area contributed by atoms with Crippen molar-refractivity contribution >= 4 is 28.3 Å². The Balaban J connectivity index is 1.17. The number of benzene rings is 1. The lowest BCUT2D eigenvalue weighted by Gasteiger charge is -2.31. The molecule has 4 heterocycles. The number of aromatic nitrogens is 4. The van der Waals surface area contributed by atoms with Gasteiger partial charge in [0.15, 0.2) is 5.82 Å². The minimum Gasteiger partial charge on any atom is -0.481 e. The zero-order chi connectivity index (χ0) is 24.5. The fourth-order valence-corrected chi connectivity index (χ4v) is 5.08. The van der Waals surface area contributed by atoms with E-state index in [-0.39, 0.29) is 5.91 Å². The Kier molecular flexibility index (Phi) is 5.96. The van der Waals surface area contributed by atoms with Crippen LogP contribution in [0.3, 0.4) is 0 Å². The number of amides is 1. The van der Waals surface area contributed by atoms with Crippen molar-refractivity contribution in [3.05, 3.63) is 60.6 Å². The van der Waals surface area contributed by atoms with Gasteiger partial charge >= 0.3 is 0 Å². The molecule has 1 saturated heterocycles. The zero-order valence-electron chi connectivity index (χ0n) is 19.9. The lowest BCUT2D eigenvalue weighted by molar-refractivity contribution is 0.102. The molecular formula is C26H28N8O2.